The molecule has 0 spiro atoms. The number of hydrogen-bond acceptors (Lipinski definition) is 5. The molecule has 1 aliphatic rings. The van der Waals surface area contributed by atoms with Crippen molar-refractivity contribution in [1.29, 1.82) is 0 Å². The van der Waals surface area contributed by atoms with Crippen molar-refractivity contribution in [1.82, 2.24) is 0 Å². The fourth-order valence-electron chi connectivity index (χ4n) is 2.15. The van der Waals surface area contributed by atoms with Gasteiger partial charge in [0.25, 0.3) is 5.69 Å². The molecule has 112 valence electrons. The van der Waals surface area contributed by atoms with E-state index in [1.165, 1.54) is 12.1 Å². The standard InChI is InChI=1S/C16H14N2O4/c19-18(20)13-5-3-4-12(8-13)9-17-10-14-11-21-15-6-1-2-7-16(15)22-14/h1-9,14H,10-11H2. The van der Waals surface area contributed by atoms with Gasteiger partial charge in [0, 0.05) is 18.3 Å². The van der Waals surface area contributed by atoms with Crippen LogP contribution in [0.25, 0.3) is 0 Å². The molecule has 22 heavy (non-hydrogen) atoms. The smallest absolute Gasteiger partial charge is 0.270 e. The Balaban J connectivity index is 1.61. The quantitative estimate of drug-likeness (QED) is 0.494. The number of nitro benzene ring substituents is 1. The second-order valence-corrected chi connectivity index (χ2v) is 4.84. The van der Waals surface area contributed by atoms with Crippen molar-refractivity contribution < 1.29 is 14.4 Å². The lowest BCUT2D eigenvalue weighted by molar-refractivity contribution is -0.384. The summed E-state index contributed by atoms with van der Waals surface area (Å²) < 4.78 is 11.4. The SMILES string of the molecule is O=[N+]([O-])c1cccc(C=NCC2COc3ccccc3O2)c1. The van der Waals surface area contributed by atoms with E-state index in [0.717, 1.165) is 5.75 Å². The summed E-state index contributed by atoms with van der Waals surface area (Å²) in [6.45, 7) is 0.861. The molecule has 0 radical (unpaired) electrons. The van der Waals surface area contributed by atoms with Crippen molar-refractivity contribution in [3.8, 4) is 11.5 Å². The molecule has 3 rings (SSSR count). The average Bonchev–Trinajstić information content (AvgIpc) is 2.55. The maximum absolute atomic E-state index is 10.7. The van der Waals surface area contributed by atoms with Gasteiger partial charge in [-0.25, -0.2) is 0 Å². The molecule has 2 aromatic carbocycles. The van der Waals surface area contributed by atoms with Gasteiger partial charge in [-0.05, 0) is 17.7 Å². The number of non-ortho nitro benzene ring substituents is 1. The van der Waals surface area contributed by atoms with Gasteiger partial charge in [-0.3, -0.25) is 15.1 Å². The normalized spacial score (nSPS) is 16.6. The number of para-hydroxylation sites is 2. The van der Waals surface area contributed by atoms with Crippen LogP contribution < -0.4 is 9.47 Å². The number of hydrogen-bond donors (Lipinski definition) is 0. The first-order chi connectivity index (χ1) is 10.7. The zero-order chi connectivity index (χ0) is 15.4. The van der Waals surface area contributed by atoms with Gasteiger partial charge in [0.15, 0.2) is 17.6 Å². The second-order valence-electron chi connectivity index (χ2n) is 4.84. The Kier molecular flexibility index (Phi) is 4.00. The number of benzene rings is 2. The van der Waals surface area contributed by atoms with Crippen LogP contribution in [0, 0.1) is 10.1 Å². The van der Waals surface area contributed by atoms with Crippen LogP contribution in [0.4, 0.5) is 5.69 Å². The van der Waals surface area contributed by atoms with Gasteiger partial charge in [0.05, 0.1) is 11.5 Å². The average molecular weight is 298 g/mol. The van der Waals surface area contributed by atoms with Crippen molar-refractivity contribution in [2.45, 2.75) is 6.10 Å². The summed E-state index contributed by atoms with van der Waals surface area (Å²) in [5.41, 5.74) is 0.737. The van der Waals surface area contributed by atoms with Crippen LogP contribution in [0.1, 0.15) is 5.56 Å². The predicted octanol–water partition coefficient (Wildman–Crippen LogP) is 2.85. The number of ether oxygens (including phenoxy) is 2. The van der Waals surface area contributed by atoms with Crippen LogP contribution in [0.2, 0.25) is 0 Å². The van der Waals surface area contributed by atoms with Crippen molar-refractivity contribution in [3.63, 3.8) is 0 Å². The highest BCUT2D eigenvalue weighted by Crippen LogP contribution is 2.30. The zero-order valence-corrected chi connectivity index (χ0v) is 11.7. The third-order valence-corrected chi connectivity index (χ3v) is 3.20. The van der Waals surface area contributed by atoms with Gasteiger partial charge in [0.2, 0.25) is 0 Å². The van der Waals surface area contributed by atoms with Crippen LogP contribution in [0.3, 0.4) is 0 Å². The first-order valence-electron chi connectivity index (χ1n) is 6.85. The van der Waals surface area contributed by atoms with Gasteiger partial charge in [-0.2, -0.15) is 0 Å². The highest BCUT2D eigenvalue weighted by Gasteiger charge is 2.19. The van der Waals surface area contributed by atoms with E-state index in [1.54, 1.807) is 18.3 Å². The molecule has 1 aliphatic heterocycles. The predicted molar refractivity (Wildman–Crippen MR) is 81.9 cm³/mol. The Hall–Kier alpha value is -2.89. The molecule has 0 amide bonds. The van der Waals surface area contributed by atoms with E-state index in [1.807, 2.05) is 24.3 Å². The largest absolute Gasteiger partial charge is 0.486 e. The summed E-state index contributed by atoms with van der Waals surface area (Å²) in [7, 11) is 0. The van der Waals surface area contributed by atoms with E-state index in [0.29, 0.717) is 24.5 Å². The lowest BCUT2D eigenvalue weighted by Gasteiger charge is -2.25. The Morgan fingerprint density at radius 3 is 2.86 bits per heavy atom. The Bertz CT molecular complexity index is 715. The minimum Gasteiger partial charge on any atom is -0.486 e. The van der Waals surface area contributed by atoms with Gasteiger partial charge in [-0.15, -0.1) is 0 Å². The fraction of sp³-hybridized carbons (Fsp3) is 0.188. The highest BCUT2D eigenvalue weighted by atomic mass is 16.6. The summed E-state index contributed by atoms with van der Waals surface area (Å²) in [5, 5.41) is 10.7. The Morgan fingerprint density at radius 1 is 1.23 bits per heavy atom. The number of nitrogens with zero attached hydrogens (tertiary/aromatic N) is 2. The minimum absolute atomic E-state index is 0.0510. The summed E-state index contributed by atoms with van der Waals surface area (Å²) >= 11 is 0. The summed E-state index contributed by atoms with van der Waals surface area (Å²) in [6, 6.07) is 13.8. The molecule has 0 fully saturated rings. The van der Waals surface area contributed by atoms with Gasteiger partial charge in [-0.1, -0.05) is 24.3 Å². The molecule has 1 unspecified atom stereocenters. The zero-order valence-electron chi connectivity index (χ0n) is 11.7. The molecule has 0 N–H and O–H groups in total. The van der Waals surface area contributed by atoms with Gasteiger partial charge in [0.1, 0.15) is 6.61 Å². The maximum atomic E-state index is 10.7. The molecule has 6 heteroatoms. The second kappa shape index (κ2) is 6.26. The van der Waals surface area contributed by atoms with Crippen molar-refractivity contribution in [2.24, 2.45) is 4.99 Å². The third kappa shape index (κ3) is 3.22. The molecular formula is C16H14N2O4. The Labute approximate surface area is 127 Å². The topological polar surface area (TPSA) is 74.0 Å². The van der Waals surface area contributed by atoms with Crippen molar-refractivity contribution in [3.05, 3.63) is 64.2 Å². The Morgan fingerprint density at radius 2 is 2.05 bits per heavy atom. The summed E-state index contributed by atoms with van der Waals surface area (Å²) in [6.07, 6.45) is 1.45. The molecule has 1 atom stereocenters. The van der Waals surface area contributed by atoms with Crippen LogP contribution in [-0.2, 0) is 0 Å². The minimum atomic E-state index is -0.424. The van der Waals surface area contributed by atoms with Crippen molar-refractivity contribution in [2.75, 3.05) is 13.2 Å². The molecule has 1 heterocycles. The van der Waals surface area contributed by atoms with E-state index in [9.17, 15) is 10.1 Å². The van der Waals surface area contributed by atoms with Crippen LogP contribution in [0.5, 0.6) is 11.5 Å². The third-order valence-electron chi connectivity index (χ3n) is 3.20. The van der Waals surface area contributed by atoms with Crippen LogP contribution >= 0.6 is 0 Å². The van der Waals surface area contributed by atoms with E-state index >= 15 is 0 Å². The number of nitro groups is 1. The lowest BCUT2D eigenvalue weighted by atomic mass is 10.2. The number of fused-ring (bicyclic) bond motifs is 1. The summed E-state index contributed by atoms with van der Waals surface area (Å²) in [4.78, 5) is 14.6. The monoisotopic (exact) mass is 298 g/mol. The van der Waals surface area contributed by atoms with E-state index in [-0.39, 0.29) is 11.8 Å². The molecule has 6 nitrogen and oxygen atoms in total. The maximum Gasteiger partial charge on any atom is 0.270 e. The van der Waals surface area contributed by atoms with E-state index in [2.05, 4.69) is 4.99 Å². The van der Waals surface area contributed by atoms with E-state index < -0.39 is 4.92 Å². The van der Waals surface area contributed by atoms with Crippen LogP contribution in [-0.4, -0.2) is 30.4 Å². The molecule has 0 aliphatic carbocycles. The van der Waals surface area contributed by atoms with Gasteiger partial charge >= 0.3 is 0 Å². The molecule has 0 saturated carbocycles. The van der Waals surface area contributed by atoms with Crippen LogP contribution in [0.15, 0.2) is 53.5 Å². The van der Waals surface area contributed by atoms with Crippen molar-refractivity contribution >= 4 is 11.9 Å². The molecule has 0 bridgehead atoms. The van der Waals surface area contributed by atoms with E-state index in [4.69, 9.17) is 9.47 Å². The molecular weight excluding hydrogens is 284 g/mol. The molecule has 0 saturated heterocycles. The highest BCUT2D eigenvalue weighted by molar-refractivity contribution is 5.80. The van der Waals surface area contributed by atoms with Gasteiger partial charge < -0.3 is 9.47 Å². The fourth-order valence-corrected chi connectivity index (χ4v) is 2.15. The summed E-state index contributed by atoms with van der Waals surface area (Å²) in [5.74, 6) is 1.45. The number of rotatable bonds is 4. The first kappa shape index (κ1) is 14.1. The lowest BCUT2D eigenvalue weighted by Crippen LogP contribution is -2.31. The molecule has 2 aromatic rings. The molecule has 0 aromatic heterocycles. The first-order valence-corrected chi connectivity index (χ1v) is 6.85. The number of aliphatic imine (C=N–C) groups is 1.